The molecule has 1 saturated heterocycles. The maximum absolute atomic E-state index is 5.21. The lowest BCUT2D eigenvalue weighted by atomic mass is 10.1. The number of ether oxygens (including phenoxy) is 2. The molecular weight excluding hydrogens is 116 g/mol. The molecule has 1 rings (SSSR count). The van der Waals surface area contributed by atoms with E-state index >= 15 is 0 Å². The van der Waals surface area contributed by atoms with Crippen molar-refractivity contribution in [3.8, 4) is 0 Å². The van der Waals surface area contributed by atoms with Crippen LogP contribution in [0.5, 0.6) is 0 Å². The smallest absolute Gasteiger partial charge is 0.272 e. The normalized spacial score (nSPS) is 26.1. The van der Waals surface area contributed by atoms with Crippen LogP contribution in [0.25, 0.3) is 0 Å². The van der Waals surface area contributed by atoms with E-state index in [2.05, 4.69) is 20.4 Å². The molecule has 1 unspecified atom stereocenters. The van der Waals surface area contributed by atoms with Crippen LogP contribution >= 0.6 is 0 Å². The number of hydrogen-bond donors (Lipinski definition) is 0. The zero-order valence-electron chi connectivity index (χ0n) is 5.89. The average molecular weight is 128 g/mol. The SMILES string of the molecule is C=C1OCC(C(C)C)O1. The van der Waals surface area contributed by atoms with Crippen LogP contribution in [0.1, 0.15) is 13.8 Å². The first-order valence-corrected chi connectivity index (χ1v) is 3.18. The first-order valence-electron chi connectivity index (χ1n) is 3.18. The van der Waals surface area contributed by atoms with Crippen LogP contribution < -0.4 is 0 Å². The fourth-order valence-electron chi connectivity index (χ4n) is 0.740. The summed E-state index contributed by atoms with van der Waals surface area (Å²) in [6.45, 7) is 8.41. The Morgan fingerprint density at radius 3 is 2.56 bits per heavy atom. The van der Waals surface area contributed by atoms with E-state index in [0.717, 1.165) is 0 Å². The lowest BCUT2D eigenvalue weighted by Crippen LogP contribution is -2.16. The lowest BCUT2D eigenvalue weighted by Gasteiger charge is -2.09. The number of hydrogen-bond acceptors (Lipinski definition) is 2. The Bertz CT molecular complexity index is 118. The molecule has 0 aromatic rings. The van der Waals surface area contributed by atoms with E-state index in [0.29, 0.717) is 18.5 Å². The highest BCUT2D eigenvalue weighted by Gasteiger charge is 2.23. The Hall–Kier alpha value is -0.660. The summed E-state index contributed by atoms with van der Waals surface area (Å²) in [5.74, 6) is 0.984. The summed E-state index contributed by atoms with van der Waals surface area (Å²) in [4.78, 5) is 0. The van der Waals surface area contributed by atoms with Gasteiger partial charge in [0.1, 0.15) is 12.7 Å². The van der Waals surface area contributed by atoms with Gasteiger partial charge < -0.3 is 9.47 Å². The molecule has 9 heavy (non-hydrogen) atoms. The molecule has 2 nitrogen and oxygen atoms in total. The minimum Gasteiger partial charge on any atom is -0.462 e. The second kappa shape index (κ2) is 2.29. The average Bonchev–Trinajstić information content (AvgIpc) is 2.14. The molecule has 1 heterocycles. The van der Waals surface area contributed by atoms with Crippen molar-refractivity contribution in [2.45, 2.75) is 20.0 Å². The molecule has 0 aromatic carbocycles. The van der Waals surface area contributed by atoms with E-state index < -0.39 is 0 Å². The molecule has 1 aliphatic rings. The lowest BCUT2D eigenvalue weighted by molar-refractivity contribution is 0.116. The van der Waals surface area contributed by atoms with E-state index in [-0.39, 0.29) is 6.10 Å². The fourth-order valence-corrected chi connectivity index (χ4v) is 0.740. The molecule has 0 radical (unpaired) electrons. The number of rotatable bonds is 1. The van der Waals surface area contributed by atoms with Gasteiger partial charge in [-0.05, 0) is 12.5 Å². The molecule has 0 bridgehead atoms. The van der Waals surface area contributed by atoms with Gasteiger partial charge in [-0.25, -0.2) is 0 Å². The largest absolute Gasteiger partial charge is 0.462 e. The second-order valence-electron chi connectivity index (χ2n) is 2.58. The minimum absolute atomic E-state index is 0.220. The van der Waals surface area contributed by atoms with Gasteiger partial charge in [-0.1, -0.05) is 13.8 Å². The topological polar surface area (TPSA) is 18.5 Å². The Labute approximate surface area is 55.5 Å². The Kier molecular flexibility index (Phi) is 1.65. The highest BCUT2D eigenvalue weighted by atomic mass is 16.7. The van der Waals surface area contributed by atoms with Crippen LogP contribution in [0.2, 0.25) is 0 Å². The van der Waals surface area contributed by atoms with Crippen LogP contribution in [-0.4, -0.2) is 12.7 Å². The van der Waals surface area contributed by atoms with Crippen molar-refractivity contribution in [2.75, 3.05) is 6.61 Å². The van der Waals surface area contributed by atoms with Gasteiger partial charge in [0.2, 0.25) is 0 Å². The van der Waals surface area contributed by atoms with E-state index in [1.165, 1.54) is 0 Å². The minimum atomic E-state index is 0.220. The first kappa shape index (κ1) is 6.46. The molecule has 1 atom stereocenters. The summed E-state index contributed by atoms with van der Waals surface area (Å²) in [5, 5.41) is 0. The zero-order valence-corrected chi connectivity index (χ0v) is 5.89. The van der Waals surface area contributed by atoms with Crippen molar-refractivity contribution in [3.63, 3.8) is 0 Å². The molecule has 1 fully saturated rings. The van der Waals surface area contributed by atoms with Gasteiger partial charge in [0.25, 0.3) is 5.95 Å². The van der Waals surface area contributed by atoms with Crippen molar-refractivity contribution in [1.82, 2.24) is 0 Å². The maximum atomic E-state index is 5.21. The summed E-state index contributed by atoms with van der Waals surface area (Å²) in [6, 6.07) is 0. The van der Waals surface area contributed by atoms with Crippen LogP contribution in [0.15, 0.2) is 12.5 Å². The molecule has 0 N–H and O–H groups in total. The Morgan fingerprint density at radius 1 is 1.67 bits per heavy atom. The van der Waals surface area contributed by atoms with E-state index in [4.69, 9.17) is 9.47 Å². The molecule has 52 valence electrons. The second-order valence-corrected chi connectivity index (χ2v) is 2.58. The highest BCUT2D eigenvalue weighted by molar-refractivity contribution is 4.80. The quantitative estimate of drug-likeness (QED) is 0.533. The van der Waals surface area contributed by atoms with Gasteiger partial charge in [-0.15, -0.1) is 0 Å². The summed E-state index contributed by atoms with van der Waals surface area (Å²) in [7, 11) is 0. The summed E-state index contributed by atoms with van der Waals surface area (Å²) < 4.78 is 10.2. The van der Waals surface area contributed by atoms with Gasteiger partial charge in [0, 0.05) is 0 Å². The third kappa shape index (κ3) is 1.37. The monoisotopic (exact) mass is 128 g/mol. The van der Waals surface area contributed by atoms with Crippen molar-refractivity contribution < 1.29 is 9.47 Å². The fraction of sp³-hybridized carbons (Fsp3) is 0.714. The van der Waals surface area contributed by atoms with Gasteiger partial charge in [-0.2, -0.15) is 0 Å². The van der Waals surface area contributed by atoms with Gasteiger partial charge in [0.05, 0.1) is 0 Å². The van der Waals surface area contributed by atoms with Crippen LogP contribution in [-0.2, 0) is 9.47 Å². The highest BCUT2D eigenvalue weighted by Crippen LogP contribution is 2.18. The summed E-state index contributed by atoms with van der Waals surface area (Å²) in [5.41, 5.74) is 0. The van der Waals surface area contributed by atoms with E-state index in [1.807, 2.05) is 0 Å². The van der Waals surface area contributed by atoms with Gasteiger partial charge in [0.15, 0.2) is 0 Å². The predicted molar refractivity (Wildman–Crippen MR) is 34.8 cm³/mol. The zero-order chi connectivity index (χ0) is 6.85. The van der Waals surface area contributed by atoms with Gasteiger partial charge >= 0.3 is 0 Å². The van der Waals surface area contributed by atoms with Crippen molar-refractivity contribution in [3.05, 3.63) is 12.5 Å². The van der Waals surface area contributed by atoms with Crippen LogP contribution in [0, 0.1) is 5.92 Å². The molecular formula is C7H12O2. The molecule has 2 heteroatoms. The van der Waals surface area contributed by atoms with Crippen molar-refractivity contribution >= 4 is 0 Å². The van der Waals surface area contributed by atoms with Gasteiger partial charge in [-0.3, -0.25) is 0 Å². The maximum Gasteiger partial charge on any atom is 0.272 e. The molecule has 1 aliphatic heterocycles. The molecule has 0 saturated carbocycles. The summed E-state index contributed by atoms with van der Waals surface area (Å²) >= 11 is 0. The third-order valence-corrected chi connectivity index (χ3v) is 1.43. The predicted octanol–water partition coefficient (Wildman–Crippen LogP) is 1.53. The first-order chi connectivity index (χ1) is 4.20. The molecule has 0 aromatic heterocycles. The van der Waals surface area contributed by atoms with Crippen molar-refractivity contribution in [2.24, 2.45) is 5.92 Å². The van der Waals surface area contributed by atoms with Crippen molar-refractivity contribution in [1.29, 1.82) is 0 Å². The Morgan fingerprint density at radius 2 is 2.33 bits per heavy atom. The molecule has 0 amide bonds. The summed E-state index contributed by atoms with van der Waals surface area (Å²) in [6.07, 6.45) is 0.220. The van der Waals surface area contributed by atoms with E-state index in [9.17, 15) is 0 Å². The Balaban J connectivity index is 2.39. The van der Waals surface area contributed by atoms with E-state index in [1.54, 1.807) is 0 Å². The standard InChI is InChI=1S/C7H12O2/c1-5(2)7-4-8-6(3)9-7/h5,7H,3-4H2,1-2H3. The molecule has 0 aliphatic carbocycles. The van der Waals surface area contributed by atoms with Crippen LogP contribution in [0.4, 0.5) is 0 Å². The third-order valence-electron chi connectivity index (χ3n) is 1.43. The molecule has 0 spiro atoms. The van der Waals surface area contributed by atoms with Crippen LogP contribution in [0.3, 0.4) is 0 Å².